The first kappa shape index (κ1) is 22.3. The van der Waals surface area contributed by atoms with Crippen LogP contribution in [0.2, 0.25) is 0 Å². The summed E-state index contributed by atoms with van der Waals surface area (Å²) < 4.78 is 6.84. The number of pyridine rings is 1. The number of carbonyl (C=O) groups excluding carboxylic acids is 1. The summed E-state index contributed by atoms with van der Waals surface area (Å²) in [6.07, 6.45) is 7.66. The van der Waals surface area contributed by atoms with Crippen molar-refractivity contribution >= 4 is 27.6 Å². The van der Waals surface area contributed by atoms with Gasteiger partial charge in [-0.25, -0.2) is 4.79 Å². The van der Waals surface area contributed by atoms with Gasteiger partial charge in [-0.1, -0.05) is 59.1 Å². The molecule has 1 aliphatic rings. The molecule has 1 aliphatic heterocycles. The van der Waals surface area contributed by atoms with Gasteiger partial charge in [0.1, 0.15) is 5.75 Å². The van der Waals surface area contributed by atoms with Gasteiger partial charge in [0.2, 0.25) is 0 Å². The summed E-state index contributed by atoms with van der Waals surface area (Å²) in [5, 5.41) is 0. The number of aromatic nitrogens is 1. The first-order valence-electron chi connectivity index (χ1n) is 11.1. The van der Waals surface area contributed by atoms with Crippen LogP contribution < -0.4 is 9.64 Å². The van der Waals surface area contributed by atoms with Crippen molar-refractivity contribution < 1.29 is 9.53 Å². The minimum Gasteiger partial charge on any atom is -0.494 e. The fourth-order valence-electron chi connectivity index (χ4n) is 4.04. The minimum atomic E-state index is 0.0189. The van der Waals surface area contributed by atoms with Gasteiger partial charge in [-0.3, -0.25) is 9.88 Å². The number of nitrogens with zero attached hydrogens (tertiary/aromatic N) is 3. The first-order valence-corrected chi connectivity index (χ1v) is 11.9. The van der Waals surface area contributed by atoms with Gasteiger partial charge in [-0.05, 0) is 54.8 Å². The molecule has 4 rings (SSSR count). The topological polar surface area (TPSA) is 45.7 Å². The monoisotopic (exact) mass is 493 g/mol. The van der Waals surface area contributed by atoms with Crippen molar-refractivity contribution in [2.24, 2.45) is 0 Å². The predicted octanol–water partition coefficient (Wildman–Crippen LogP) is 6.47. The highest BCUT2D eigenvalue weighted by Gasteiger charge is 2.38. The molecule has 2 aromatic carbocycles. The second kappa shape index (κ2) is 11.1. The van der Waals surface area contributed by atoms with Crippen LogP contribution >= 0.6 is 15.9 Å². The van der Waals surface area contributed by atoms with Crippen LogP contribution in [0.3, 0.4) is 0 Å². The SMILES string of the molecule is O=C1N(CCCCCCOc2ccc(Br)cc2)CC(c2ccccc2)N1c1ccncc1. The maximum Gasteiger partial charge on any atom is 0.325 e. The Kier molecular flexibility index (Phi) is 7.77. The number of hydrogen-bond acceptors (Lipinski definition) is 3. The molecule has 2 heterocycles. The molecule has 2 amide bonds. The third-order valence-corrected chi connectivity index (χ3v) is 6.24. The Bertz CT molecular complexity index is 983. The normalized spacial score (nSPS) is 15.9. The van der Waals surface area contributed by atoms with E-state index in [2.05, 4.69) is 33.0 Å². The van der Waals surface area contributed by atoms with Crippen LogP contribution in [-0.4, -0.2) is 35.6 Å². The number of ether oxygens (including phenoxy) is 1. The molecule has 166 valence electrons. The maximum absolute atomic E-state index is 13.2. The molecule has 0 N–H and O–H groups in total. The average molecular weight is 494 g/mol. The second-order valence-corrected chi connectivity index (χ2v) is 8.86. The summed E-state index contributed by atoms with van der Waals surface area (Å²) in [7, 11) is 0. The zero-order chi connectivity index (χ0) is 22.2. The quantitative estimate of drug-likeness (QED) is 0.304. The van der Waals surface area contributed by atoms with Gasteiger partial charge in [0, 0.05) is 35.6 Å². The van der Waals surface area contributed by atoms with Crippen molar-refractivity contribution in [3.05, 3.63) is 89.2 Å². The van der Waals surface area contributed by atoms with E-state index in [0.717, 1.165) is 60.3 Å². The Labute approximate surface area is 198 Å². The molecular formula is C26H28BrN3O2. The number of benzene rings is 2. The summed E-state index contributed by atoms with van der Waals surface area (Å²) in [5.41, 5.74) is 2.05. The Hall–Kier alpha value is -2.86. The molecule has 1 aromatic heterocycles. The number of carbonyl (C=O) groups is 1. The molecule has 0 bridgehead atoms. The lowest BCUT2D eigenvalue weighted by Gasteiger charge is -2.23. The van der Waals surface area contributed by atoms with Crippen molar-refractivity contribution in [3.63, 3.8) is 0 Å². The third-order valence-electron chi connectivity index (χ3n) is 5.71. The Morgan fingerprint density at radius 1 is 0.906 bits per heavy atom. The van der Waals surface area contributed by atoms with Gasteiger partial charge in [-0.15, -0.1) is 0 Å². The van der Waals surface area contributed by atoms with Crippen LogP contribution in [0, 0.1) is 0 Å². The van der Waals surface area contributed by atoms with Gasteiger partial charge in [0.15, 0.2) is 0 Å². The molecule has 32 heavy (non-hydrogen) atoms. The van der Waals surface area contributed by atoms with Crippen LogP contribution in [0.4, 0.5) is 10.5 Å². The van der Waals surface area contributed by atoms with E-state index in [1.165, 1.54) is 0 Å². The van der Waals surface area contributed by atoms with Gasteiger partial charge in [0.25, 0.3) is 0 Å². The van der Waals surface area contributed by atoms with Crippen molar-refractivity contribution in [3.8, 4) is 5.75 Å². The highest BCUT2D eigenvalue weighted by atomic mass is 79.9. The standard InChI is InChI=1S/C26H28BrN3O2/c27-22-10-12-24(13-11-22)32-19-7-2-1-6-18-29-20-25(21-8-4-3-5-9-21)30(26(29)31)23-14-16-28-17-15-23/h3-5,8-17,25H,1-2,6-7,18-20H2. The first-order chi connectivity index (χ1) is 15.7. The number of amides is 2. The van der Waals surface area contributed by atoms with E-state index in [1.807, 2.05) is 64.4 Å². The number of unbranched alkanes of at least 4 members (excludes halogenated alkanes) is 3. The van der Waals surface area contributed by atoms with Gasteiger partial charge < -0.3 is 9.64 Å². The van der Waals surface area contributed by atoms with Gasteiger partial charge in [0.05, 0.1) is 12.6 Å². The van der Waals surface area contributed by atoms with Crippen molar-refractivity contribution in [1.29, 1.82) is 0 Å². The van der Waals surface area contributed by atoms with Gasteiger partial charge >= 0.3 is 6.03 Å². The average Bonchev–Trinajstić information content (AvgIpc) is 3.17. The van der Waals surface area contributed by atoms with E-state index in [9.17, 15) is 4.79 Å². The smallest absolute Gasteiger partial charge is 0.325 e. The molecule has 3 aromatic rings. The summed E-state index contributed by atoms with van der Waals surface area (Å²) in [6.45, 7) is 2.20. The van der Waals surface area contributed by atoms with Crippen LogP contribution in [0.15, 0.2) is 83.6 Å². The fraction of sp³-hybridized carbons (Fsp3) is 0.308. The van der Waals surface area contributed by atoms with E-state index in [-0.39, 0.29) is 12.1 Å². The molecule has 0 radical (unpaired) electrons. The van der Waals surface area contributed by atoms with Crippen LogP contribution in [0.5, 0.6) is 5.75 Å². The van der Waals surface area contributed by atoms with Crippen molar-refractivity contribution in [2.45, 2.75) is 31.7 Å². The molecule has 1 atom stereocenters. The van der Waals surface area contributed by atoms with Crippen LogP contribution in [-0.2, 0) is 0 Å². The zero-order valence-electron chi connectivity index (χ0n) is 18.1. The number of rotatable bonds is 10. The van der Waals surface area contributed by atoms with E-state index in [0.29, 0.717) is 6.54 Å². The van der Waals surface area contributed by atoms with Crippen molar-refractivity contribution in [2.75, 3.05) is 24.6 Å². The number of anilines is 1. The number of urea groups is 1. The summed E-state index contributed by atoms with van der Waals surface area (Å²) in [6, 6.07) is 22.1. The summed E-state index contributed by atoms with van der Waals surface area (Å²) >= 11 is 3.43. The van der Waals surface area contributed by atoms with E-state index in [4.69, 9.17) is 4.74 Å². The Morgan fingerprint density at radius 3 is 2.38 bits per heavy atom. The van der Waals surface area contributed by atoms with E-state index in [1.54, 1.807) is 12.4 Å². The maximum atomic E-state index is 13.2. The highest BCUT2D eigenvalue weighted by molar-refractivity contribution is 9.10. The zero-order valence-corrected chi connectivity index (χ0v) is 19.7. The molecule has 1 fully saturated rings. The Balaban J connectivity index is 1.26. The lowest BCUT2D eigenvalue weighted by molar-refractivity contribution is 0.219. The highest BCUT2D eigenvalue weighted by Crippen LogP contribution is 2.34. The number of halogens is 1. The third kappa shape index (κ3) is 5.68. The molecule has 0 saturated carbocycles. The van der Waals surface area contributed by atoms with Crippen molar-refractivity contribution in [1.82, 2.24) is 9.88 Å². The molecule has 0 spiro atoms. The summed E-state index contributed by atoms with van der Waals surface area (Å²) in [5.74, 6) is 0.902. The number of hydrogen-bond donors (Lipinski definition) is 0. The van der Waals surface area contributed by atoms with E-state index >= 15 is 0 Å². The fourth-order valence-corrected chi connectivity index (χ4v) is 4.31. The lowest BCUT2D eigenvalue weighted by Crippen LogP contribution is -2.33. The molecule has 5 nitrogen and oxygen atoms in total. The van der Waals surface area contributed by atoms with Gasteiger partial charge in [-0.2, -0.15) is 0 Å². The van der Waals surface area contributed by atoms with Crippen LogP contribution in [0.1, 0.15) is 37.3 Å². The molecule has 0 aliphatic carbocycles. The largest absolute Gasteiger partial charge is 0.494 e. The Morgan fingerprint density at radius 2 is 1.62 bits per heavy atom. The van der Waals surface area contributed by atoms with E-state index < -0.39 is 0 Å². The molecule has 1 saturated heterocycles. The molecule has 1 unspecified atom stereocenters. The van der Waals surface area contributed by atoms with Crippen LogP contribution in [0.25, 0.3) is 0 Å². The lowest BCUT2D eigenvalue weighted by atomic mass is 10.1. The summed E-state index contributed by atoms with van der Waals surface area (Å²) in [4.78, 5) is 21.2. The minimum absolute atomic E-state index is 0.0189. The predicted molar refractivity (Wildman–Crippen MR) is 131 cm³/mol. The second-order valence-electron chi connectivity index (χ2n) is 7.95. The molecule has 6 heteroatoms. The molecular weight excluding hydrogens is 466 g/mol.